The monoisotopic (exact) mass is 401 g/mol. The van der Waals surface area contributed by atoms with Crippen LogP contribution in [0.3, 0.4) is 0 Å². The van der Waals surface area contributed by atoms with E-state index in [0.717, 1.165) is 23.3 Å². The summed E-state index contributed by atoms with van der Waals surface area (Å²) in [4.78, 5) is 15.9. The molecule has 2 aromatic carbocycles. The largest absolute Gasteiger partial charge is 0.490 e. The number of hydrogen-bond acceptors (Lipinski definition) is 5. The third-order valence-electron chi connectivity index (χ3n) is 4.17. The fraction of sp³-hybridized carbons (Fsp3) is 0.125. The molecule has 3 rings (SSSR count). The number of carbonyl (C=O) groups excluding carboxylic acids is 1. The van der Waals surface area contributed by atoms with Gasteiger partial charge in [-0.25, -0.2) is 5.43 Å². The highest BCUT2D eigenvalue weighted by Gasteiger charge is 2.05. The lowest BCUT2D eigenvalue weighted by atomic mass is 10.1. The predicted molar refractivity (Wildman–Crippen MR) is 117 cm³/mol. The molecule has 0 saturated heterocycles. The molecule has 0 radical (unpaired) electrons. The van der Waals surface area contributed by atoms with E-state index < -0.39 is 0 Å². The summed E-state index contributed by atoms with van der Waals surface area (Å²) in [7, 11) is 0. The lowest BCUT2D eigenvalue weighted by molar-refractivity contribution is 0.0955. The zero-order chi connectivity index (χ0) is 21.0. The van der Waals surface area contributed by atoms with Crippen LogP contribution in [-0.4, -0.2) is 30.3 Å². The number of carbonyl (C=O) groups is 1. The van der Waals surface area contributed by atoms with Crippen molar-refractivity contribution in [3.63, 3.8) is 0 Å². The molecule has 1 heterocycles. The SMILES string of the molecule is C=CCc1ccccc1OCCOc1ccccc1/C=N\NC(=O)c1ccncc1. The molecule has 0 spiro atoms. The Hall–Kier alpha value is -3.93. The van der Waals surface area contributed by atoms with Crippen molar-refractivity contribution in [3.8, 4) is 11.5 Å². The molecule has 0 aliphatic rings. The van der Waals surface area contributed by atoms with Crippen molar-refractivity contribution in [1.82, 2.24) is 10.4 Å². The Labute approximate surface area is 175 Å². The van der Waals surface area contributed by atoms with Gasteiger partial charge in [-0.15, -0.1) is 6.58 Å². The number of amides is 1. The fourth-order valence-corrected chi connectivity index (χ4v) is 2.72. The zero-order valence-electron chi connectivity index (χ0n) is 16.5. The zero-order valence-corrected chi connectivity index (χ0v) is 16.5. The molecule has 0 fully saturated rings. The molecule has 152 valence electrons. The van der Waals surface area contributed by atoms with E-state index in [1.165, 1.54) is 0 Å². The molecular weight excluding hydrogens is 378 g/mol. The highest BCUT2D eigenvalue weighted by Crippen LogP contribution is 2.19. The minimum absolute atomic E-state index is 0.307. The van der Waals surface area contributed by atoms with E-state index >= 15 is 0 Å². The summed E-state index contributed by atoms with van der Waals surface area (Å²) in [5.41, 5.74) is 4.82. The summed E-state index contributed by atoms with van der Waals surface area (Å²) in [6, 6.07) is 18.6. The van der Waals surface area contributed by atoms with Gasteiger partial charge >= 0.3 is 0 Å². The number of benzene rings is 2. The number of nitrogens with one attached hydrogen (secondary N) is 1. The van der Waals surface area contributed by atoms with Crippen LogP contribution in [-0.2, 0) is 6.42 Å². The van der Waals surface area contributed by atoms with Gasteiger partial charge in [0.1, 0.15) is 24.7 Å². The van der Waals surface area contributed by atoms with Gasteiger partial charge in [0.2, 0.25) is 0 Å². The van der Waals surface area contributed by atoms with Crippen LogP contribution in [0.25, 0.3) is 0 Å². The van der Waals surface area contributed by atoms with E-state index in [1.54, 1.807) is 30.7 Å². The maximum Gasteiger partial charge on any atom is 0.271 e. The Bertz CT molecular complexity index is 1000. The first kappa shape index (κ1) is 20.8. The third kappa shape index (κ3) is 6.04. The predicted octanol–water partition coefficient (Wildman–Crippen LogP) is 4.03. The minimum atomic E-state index is -0.307. The van der Waals surface area contributed by atoms with Crippen LogP contribution in [0.1, 0.15) is 21.5 Å². The molecule has 0 unspecified atom stereocenters. The molecule has 6 nitrogen and oxygen atoms in total. The summed E-state index contributed by atoms with van der Waals surface area (Å²) in [6.07, 6.45) is 7.26. The van der Waals surface area contributed by atoms with E-state index in [-0.39, 0.29) is 5.91 Å². The van der Waals surface area contributed by atoms with E-state index in [1.807, 2.05) is 54.6 Å². The van der Waals surface area contributed by atoms with Gasteiger partial charge in [-0.1, -0.05) is 36.4 Å². The van der Waals surface area contributed by atoms with Crippen molar-refractivity contribution in [3.05, 3.63) is 102 Å². The van der Waals surface area contributed by atoms with Crippen molar-refractivity contribution in [1.29, 1.82) is 0 Å². The topological polar surface area (TPSA) is 72.8 Å². The van der Waals surface area contributed by atoms with Gasteiger partial charge in [-0.2, -0.15) is 5.10 Å². The second-order valence-corrected chi connectivity index (χ2v) is 6.27. The second kappa shape index (κ2) is 11.2. The van der Waals surface area contributed by atoms with Crippen LogP contribution < -0.4 is 14.9 Å². The van der Waals surface area contributed by atoms with Crippen LogP contribution in [0, 0.1) is 0 Å². The number of rotatable bonds is 10. The maximum absolute atomic E-state index is 12.0. The van der Waals surface area contributed by atoms with Crippen LogP contribution in [0.4, 0.5) is 0 Å². The number of ether oxygens (including phenoxy) is 2. The Morgan fingerprint density at radius 2 is 1.63 bits per heavy atom. The molecule has 0 aliphatic carbocycles. The van der Waals surface area contributed by atoms with Crippen LogP contribution in [0.15, 0.2) is 90.8 Å². The number of nitrogens with zero attached hydrogens (tertiary/aromatic N) is 2. The van der Waals surface area contributed by atoms with Crippen molar-refractivity contribution in [2.45, 2.75) is 6.42 Å². The Kier molecular flexibility index (Phi) is 7.74. The van der Waals surface area contributed by atoms with E-state index in [9.17, 15) is 4.79 Å². The van der Waals surface area contributed by atoms with Crippen LogP contribution in [0.5, 0.6) is 11.5 Å². The van der Waals surface area contributed by atoms with Gasteiger partial charge < -0.3 is 9.47 Å². The molecule has 0 atom stereocenters. The molecule has 3 aromatic rings. The molecule has 1 amide bonds. The van der Waals surface area contributed by atoms with Crippen molar-refractivity contribution < 1.29 is 14.3 Å². The van der Waals surface area contributed by atoms with Gasteiger partial charge in [-0.05, 0) is 42.3 Å². The Balaban J connectivity index is 1.53. The molecule has 1 N–H and O–H groups in total. The molecule has 0 bridgehead atoms. The summed E-state index contributed by atoms with van der Waals surface area (Å²) >= 11 is 0. The molecular formula is C24H23N3O3. The normalized spacial score (nSPS) is 10.5. The van der Waals surface area contributed by atoms with Crippen LogP contribution in [0.2, 0.25) is 0 Å². The first-order valence-electron chi connectivity index (χ1n) is 9.55. The van der Waals surface area contributed by atoms with Gasteiger partial charge in [0.15, 0.2) is 0 Å². The number of allylic oxidation sites excluding steroid dienone is 1. The number of hydrogen-bond donors (Lipinski definition) is 1. The lowest BCUT2D eigenvalue weighted by Crippen LogP contribution is -2.17. The maximum atomic E-state index is 12.0. The standard InChI is InChI=1S/C24H23N3O3/c1-2-7-19-8-3-5-10-22(19)29-16-17-30-23-11-6-4-9-21(23)18-26-27-24(28)20-12-14-25-15-13-20/h2-6,8-15,18H,1,7,16-17H2,(H,27,28)/b26-18-. The Morgan fingerprint density at radius 1 is 0.967 bits per heavy atom. The number of pyridine rings is 1. The minimum Gasteiger partial charge on any atom is -0.490 e. The fourth-order valence-electron chi connectivity index (χ4n) is 2.72. The smallest absolute Gasteiger partial charge is 0.271 e. The Morgan fingerprint density at radius 3 is 2.40 bits per heavy atom. The first-order chi connectivity index (χ1) is 14.8. The average molecular weight is 401 g/mol. The van der Waals surface area contributed by atoms with Crippen molar-refractivity contribution >= 4 is 12.1 Å². The molecule has 0 aliphatic heterocycles. The molecule has 0 saturated carbocycles. The molecule has 1 aromatic heterocycles. The van der Waals surface area contributed by atoms with Crippen LogP contribution >= 0.6 is 0 Å². The second-order valence-electron chi connectivity index (χ2n) is 6.27. The average Bonchev–Trinajstić information content (AvgIpc) is 2.79. The van der Waals surface area contributed by atoms with Gasteiger partial charge in [0.25, 0.3) is 5.91 Å². The summed E-state index contributed by atoms with van der Waals surface area (Å²) in [5.74, 6) is 1.18. The van der Waals surface area contributed by atoms with E-state index in [0.29, 0.717) is 24.5 Å². The third-order valence-corrected chi connectivity index (χ3v) is 4.17. The molecule has 6 heteroatoms. The van der Waals surface area contributed by atoms with Gasteiger partial charge in [-0.3, -0.25) is 9.78 Å². The van der Waals surface area contributed by atoms with E-state index in [4.69, 9.17) is 9.47 Å². The highest BCUT2D eigenvalue weighted by atomic mass is 16.5. The van der Waals surface area contributed by atoms with Gasteiger partial charge in [0.05, 0.1) is 6.21 Å². The highest BCUT2D eigenvalue weighted by molar-refractivity contribution is 5.94. The summed E-state index contributed by atoms with van der Waals surface area (Å²) in [5, 5.41) is 4.02. The van der Waals surface area contributed by atoms with Gasteiger partial charge in [0, 0.05) is 23.5 Å². The molecule has 30 heavy (non-hydrogen) atoms. The number of aromatic nitrogens is 1. The van der Waals surface area contributed by atoms with E-state index in [2.05, 4.69) is 22.1 Å². The first-order valence-corrected chi connectivity index (χ1v) is 9.55. The summed E-state index contributed by atoms with van der Waals surface area (Å²) < 4.78 is 11.7. The number of para-hydroxylation sites is 2. The van der Waals surface area contributed by atoms with Crippen molar-refractivity contribution in [2.75, 3.05) is 13.2 Å². The van der Waals surface area contributed by atoms with Crippen molar-refractivity contribution in [2.24, 2.45) is 5.10 Å². The summed E-state index contributed by atoms with van der Waals surface area (Å²) in [6.45, 7) is 4.55. The quantitative estimate of drug-likeness (QED) is 0.241. The lowest BCUT2D eigenvalue weighted by Gasteiger charge is -2.12. The number of hydrazone groups is 1.